The minimum atomic E-state index is -0.784. The van der Waals surface area contributed by atoms with Crippen molar-refractivity contribution in [3.8, 4) is 17.2 Å². The molecule has 0 saturated heterocycles. The predicted molar refractivity (Wildman–Crippen MR) is 165 cm³/mol. The van der Waals surface area contributed by atoms with E-state index in [0.717, 1.165) is 16.9 Å². The molecule has 4 aromatic rings. The van der Waals surface area contributed by atoms with Crippen molar-refractivity contribution in [2.75, 3.05) is 26.6 Å². The number of nitrogens with one attached hydrogen (secondary N) is 1. The number of anilines is 1. The Morgan fingerprint density at radius 3 is 2.33 bits per heavy atom. The topological polar surface area (TPSA) is 91.2 Å². The number of rotatable bonds is 8. The number of aromatic nitrogens is 1. The van der Waals surface area contributed by atoms with Crippen LogP contribution in [0.15, 0.2) is 87.8 Å². The number of fused-ring (bicyclic) bond motifs is 1. The molecule has 216 valence electrons. The molecule has 0 aliphatic carbocycles. The van der Waals surface area contributed by atoms with E-state index < -0.39 is 6.04 Å². The van der Waals surface area contributed by atoms with Gasteiger partial charge in [-0.25, -0.2) is 4.99 Å². The maximum Gasteiger partial charge on any atom is 0.271 e. The number of carbonyl (C=O) groups is 1. The van der Waals surface area contributed by atoms with Crippen molar-refractivity contribution < 1.29 is 19.0 Å². The van der Waals surface area contributed by atoms with Crippen molar-refractivity contribution in [2.24, 2.45) is 4.99 Å². The van der Waals surface area contributed by atoms with Crippen LogP contribution in [0.2, 0.25) is 0 Å². The summed E-state index contributed by atoms with van der Waals surface area (Å²) in [4.78, 5) is 33.3. The largest absolute Gasteiger partial charge is 0.497 e. The summed E-state index contributed by atoms with van der Waals surface area (Å²) in [5.41, 5.74) is 3.90. The monoisotopic (exact) mass is 583 g/mol. The lowest BCUT2D eigenvalue weighted by Gasteiger charge is -2.26. The summed E-state index contributed by atoms with van der Waals surface area (Å²) < 4.78 is 18.7. The van der Waals surface area contributed by atoms with E-state index in [1.165, 1.54) is 11.3 Å². The third-order valence-electron chi connectivity index (χ3n) is 7.24. The molecule has 1 aliphatic rings. The van der Waals surface area contributed by atoms with Crippen LogP contribution in [-0.2, 0) is 4.79 Å². The zero-order valence-electron chi connectivity index (χ0n) is 24.4. The first-order valence-corrected chi connectivity index (χ1v) is 14.4. The Morgan fingerprint density at radius 1 is 0.976 bits per heavy atom. The summed E-state index contributed by atoms with van der Waals surface area (Å²) in [6.07, 6.45) is 1.89. The molecular formula is C33H33N3O5S. The fourth-order valence-electron chi connectivity index (χ4n) is 5.12. The van der Waals surface area contributed by atoms with Crippen LogP contribution in [0.3, 0.4) is 0 Å². The number of ether oxygens (including phenoxy) is 3. The first-order chi connectivity index (χ1) is 20.2. The highest BCUT2D eigenvalue weighted by Gasteiger charge is 2.34. The summed E-state index contributed by atoms with van der Waals surface area (Å²) in [7, 11) is 4.77. The lowest BCUT2D eigenvalue weighted by molar-refractivity contribution is -0.113. The van der Waals surface area contributed by atoms with E-state index in [4.69, 9.17) is 19.2 Å². The van der Waals surface area contributed by atoms with E-state index in [-0.39, 0.29) is 17.4 Å². The summed E-state index contributed by atoms with van der Waals surface area (Å²) in [5, 5.41) is 2.98. The second kappa shape index (κ2) is 12.1. The second-order valence-electron chi connectivity index (χ2n) is 10.2. The molecule has 8 nitrogen and oxygen atoms in total. The van der Waals surface area contributed by atoms with Gasteiger partial charge in [0.25, 0.3) is 11.5 Å². The maximum absolute atomic E-state index is 14.2. The quantitative estimate of drug-likeness (QED) is 0.315. The van der Waals surface area contributed by atoms with Crippen LogP contribution in [-0.4, -0.2) is 31.8 Å². The Hall–Kier alpha value is -4.63. The van der Waals surface area contributed by atoms with E-state index in [9.17, 15) is 9.59 Å². The van der Waals surface area contributed by atoms with Crippen molar-refractivity contribution in [3.63, 3.8) is 0 Å². The van der Waals surface area contributed by atoms with Crippen LogP contribution in [0.25, 0.3) is 6.08 Å². The number of thiazole rings is 1. The van der Waals surface area contributed by atoms with Crippen LogP contribution in [0, 0.1) is 0 Å². The molecule has 1 amide bonds. The fraction of sp³-hybridized carbons (Fsp3) is 0.242. The van der Waals surface area contributed by atoms with E-state index in [0.29, 0.717) is 43.4 Å². The lowest BCUT2D eigenvalue weighted by atomic mass is 9.94. The summed E-state index contributed by atoms with van der Waals surface area (Å²) in [5.74, 6) is 1.71. The van der Waals surface area contributed by atoms with Crippen LogP contribution in [0.1, 0.15) is 49.4 Å². The normalized spacial score (nSPS) is 14.8. The Bertz CT molecular complexity index is 1850. The molecule has 42 heavy (non-hydrogen) atoms. The van der Waals surface area contributed by atoms with Gasteiger partial charge >= 0.3 is 0 Å². The van der Waals surface area contributed by atoms with Gasteiger partial charge in [0.15, 0.2) is 4.80 Å². The van der Waals surface area contributed by atoms with E-state index in [2.05, 4.69) is 19.2 Å². The average Bonchev–Trinajstić information content (AvgIpc) is 3.30. The van der Waals surface area contributed by atoms with Gasteiger partial charge in [-0.1, -0.05) is 49.4 Å². The van der Waals surface area contributed by atoms with Gasteiger partial charge in [0.1, 0.15) is 23.3 Å². The molecule has 0 bridgehead atoms. The molecule has 0 radical (unpaired) electrons. The molecule has 0 saturated carbocycles. The third-order valence-corrected chi connectivity index (χ3v) is 8.22. The number of allylic oxidation sites excluding steroid dienone is 1. The first-order valence-electron chi connectivity index (χ1n) is 13.5. The van der Waals surface area contributed by atoms with Crippen molar-refractivity contribution in [3.05, 3.63) is 114 Å². The van der Waals surface area contributed by atoms with E-state index in [1.54, 1.807) is 45.0 Å². The molecule has 1 aliphatic heterocycles. The second-order valence-corrected chi connectivity index (χ2v) is 11.2. The Morgan fingerprint density at radius 2 is 1.67 bits per heavy atom. The van der Waals surface area contributed by atoms with Crippen LogP contribution in [0.5, 0.6) is 17.2 Å². The third kappa shape index (κ3) is 5.47. The molecule has 5 rings (SSSR count). The molecular weight excluding hydrogens is 550 g/mol. The number of hydrogen-bond donors (Lipinski definition) is 1. The van der Waals surface area contributed by atoms with Crippen LogP contribution in [0.4, 0.5) is 5.69 Å². The molecule has 2 heterocycles. The van der Waals surface area contributed by atoms with Gasteiger partial charge in [-0.3, -0.25) is 14.2 Å². The molecule has 0 unspecified atom stereocenters. The molecule has 0 spiro atoms. The number of nitrogens with zero attached hydrogens (tertiary/aromatic N) is 2. The standard InChI is InChI=1S/C33H33N3O5S/c1-19(2)26-17-23(39-4)13-12-21(26)16-28-32(38)36-30(25-15-14-24(40-5)18-27(25)41-6)29(20(3)34-33(36)42-28)31(37)35-22-10-8-7-9-11-22/h7-19,30H,1-6H3,(H,35,37)/b28-16-/t30-/m0/s1. The zero-order chi connectivity index (χ0) is 30.0. The van der Waals surface area contributed by atoms with Crippen LogP contribution < -0.4 is 34.4 Å². The number of carbonyl (C=O) groups excluding carboxylic acids is 1. The van der Waals surface area contributed by atoms with Gasteiger partial charge in [-0.15, -0.1) is 0 Å². The molecule has 1 aromatic heterocycles. The van der Waals surface area contributed by atoms with Gasteiger partial charge in [0, 0.05) is 17.3 Å². The van der Waals surface area contributed by atoms with Gasteiger partial charge in [0.2, 0.25) is 0 Å². The minimum Gasteiger partial charge on any atom is -0.497 e. The number of benzene rings is 3. The van der Waals surface area contributed by atoms with Crippen molar-refractivity contribution in [1.82, 2.24) is 4.57 Å². The van der Waals surface area contributed by atoms with Gasteiger partial charge in [-0.2, -0.15) is 0 Å². The summed E-state index contributed by atoms with van der Waals surface area (Å²) in [6, 6.07) is 19.6. The fourth-order valence-corrected chi connectivity index (χ4v) is 6.16. The van der Waals surface area contributed by atoms with Crippen molar-refractivity contribution in [1.29, 1.82) is 0 Å². The molecule has 3 aromatic carbocycles. The van der Waals surface area contributed by atoms with Crippen LogP contribution >= 0.6 is 11.3 Å². The average molecular weight is 584 g/mol. The van der Waals surface area contributed by atoms with E-state index >= 15 is 0 Å². The predicted octanol–water partition coefficient (Wildman–Crippen LogP) is 5.02. The molecule has 0 fully saturated rings. The van der Waals surface area contributed by atoms with Crippen molar-refractivity contribution >= 4 is 29.0 Å². The van der Waals surface area contributed by atoms with E-state index in [1.807, 2.05) is 60.7 Å². The minimum absolute atomic E-state index is 0.210. The summed E-state index contributed by atoms with van der Waals surface area (Å²) >= 11 is 1.29. The lowest BCUT2D eigenvalue weighted by Crippen LogP contribution is -2.40. The highest BCUT2D eigenvalue weighted by Crippen LogP contribution is 2.37. The SMILES string of the molecule is COc1ccc([C@H]2C(C(=O)Nc3ccccc3)=C(C)N=c3s/c(=C\c4ccc(OC)cc4C(C)C)c(=O)n32)c(OC)c1. The highest BCUT2D eigenvalue weighted by atomic mass is 32.1. The number of methoxy groups -OCH3 is 3. The smallest absolute Gasteiger partial charge is 0.271 e. The zero-order valence-corrected chi connectivity index (χ0v) is 25.2. The maximum atomic E-state index is 14.2. The molecule has 1 N–H and O–H groups in total. The number of hydrogen-bond acceptors (Lipinski definition) is 7. The Balaban J connectivity index is 1.73. The Labute approximate surface area is 248 Å². The van der Waals surface area contributed by atoms with Gasteiger partial charge in [0.05, 0.1) is 37.1 Å². The summed E-state index contributed by atoms with van der Waals surface area (Å²) in [6.45, 7) is 6.00. The van der Waals surface area contributed by atoms with Gasteiger partial charge in [-0.05, 0) is 66.4 Å². The number of amides is 1. The first kappa shape index (κ1) is 28.9. The number of para-hydroxylation sites is 1. The Kier molecular flexibility index (Phi) is 8.31. The highest BCUT2D eigenvalue weighted by molar-refractivity contribution is 7.07. The molecule has 9 heteroatoms. The van der Waals surface area contributed by atoms with Crippen molar-refractivity contribution in [2.45, 2.75) is 32.7 Å². The molecule has 1 atom stereocenters. The van der Waals surface area contributed by atoms with Gasteiger partial charge < -0.3 is 19.5 Å².